The van der Waals surface area contributed by atoms with Crippen LogP contribution >= 0.6 is 11.8 Å². The van der Waals surface area contributed by atoms with Crippen molar-refractivity contribution in [1.82, 2.24) is 10.2 Å². The minimum Gasteiger partial charge on any atom is -0.315 e. The van der Waals surface area contributed by atoms with Crippen molar-refractivity contribution in [3.63, 3.8) is 0 Å². The predicted octanol–water partition coefficient (Wildman–Crippen LogP) is 1.42. The van der Waals surface area contributed by atoms with E-state index >= 15 is 0 Å². The highest BCUT2D eigenvalue weighted by Crippen LogP contribution is 2.22. The van der Waals surface area contributed by atoms with Gasteiger partial charge in [-0.05, 0) is 56.8 Å². The van der Waals surface area contributed by atoms with Gasteiger partial charge in [0.15, 0.2) is 0 Å². The fourth-order valence-corrected chi connectivity index (χ4v) is 3.72. The van der Waals surface area contributed by atoms with Crippen molar-refractivity contribution in [1.29, 1.82) is 0 Å². The molecular weight excluding hydrogens is 192 g/mol. The van der Waals surface area contributed by atoms with E-state index in [1.165, 1.54) is 50.4 Å². The molecule has 2 saturated heterocycles. The lowest BCUT2D eigenvalue weighted by atomic mass is 10.1. The van der Waals surface area contributed by atoms with Gasteiger partial charge in [-0.1, -0.05) is 0 Å². The standard InChI is InChI=1S/C11H22N2S/c1-13-5-2-3-11(13)8-12-7-10-4-6-14-9-10/h10-12H,2-9H2,1H3. The largest absolute Gasteiger partial charge is 0.315 e. The molecule has 0 saturated carbocycles. The van der Waals surface area contributed by atoms with E-state index in [0.717, 1.165) is 12.0 Å². The molecule has 0 aromatic heterocycles. The summed E-state index contributed by atoms with van der Waals surface area (Å²) in [7, 11) is 2.25. The van der Waals surface area contributed by atoms with Gasteiger partial charge in [-0.15, -0.1) is 0 Å². The SMILES string of the molecule is CN1CCCC1CNCC1CCSC1. The summed E-state index contributed by atoms with van der Waals surface area (Å²) in [5.41, 5.74) is 0. The maximum atomic E-state index is 3.64. The maximum absolute atomic E-state index is 3.64. The molecule has 2 atom stereocenters. The van der Waals surface area contributed by atoms with Crippen molar-refractivity contribution >= 4 is 11.8 Å². The van der Waals surface area contributed by atoms with Gasteiger partial charge in [0.05, 0.1) is 0 Å². The van der Waals surface area contributed by atoms with Crippen LogP contribution in [0.5, 0.6) is 0 Å². The Morgan fingerprint density at radius 2 is 2.29 bits per heavy atom. The van der Waals surface area contributed by atoms with Gasteiger partial charge in [0, 0.05) is 12.6 Å². The molecule has 0 bridgehead atoms. The Labute approximate surface area is 91.8 Å². The minimum absolute atomic E-state index is 0.809. The van der Waals surface area contributed by atoms with Crippen LogP contribution < -0.4 is 5.32 Å². The highest BCUT2D eigenvalue weighted by molar-refractivity contribution is 7.99. The first-order valence-electron chi connectivity index (χ1n) is 5.85. The van der Waals surface area contributed by atoms with Crippen LogP contribution in [0.4, 0.5) is 0 Å². The summed E-state index contributed by atoms with van der Waals surface area (Å²) >= 11 is 2.11. The third-order valence-electron chi connectivity index (χ3n) is 3.51. The molecule has 82 valence electrons. The summed E-state index contributed by atoms with van der Waals surface area (Å²) < 4.78 is 0. The van der Waals surface area contributed by atoms with E-state index in [1.54, 1.807) is 0 Å². The van der Waals surface area contributed by atoms with E-state index < -0.39 is 0 Å². The van der Waals surface area contributed by atoms with Gasteiger partial charge < -0.3 is 10.2 Å². The van der Waals surface area contributed by atoms with Gasteiger partial charge in [-0.2, -0.15) is 11.8 Å². The normalized spacial score (nSPS) is 34.1. The van der Waals surface area contributed by atoms with Crippen molar-refractivity contribution in [2.45, 2.75) is 25.3 Å². The van der Waals surface area contributed by atoms with Gasteiger partial charge in [-0.3, -0.25) is 0 Å². The van der Waals surface area contributed by atoms with Crippen LogP contribution in [0.15, 0.2) is 0 Å². The Morgan fingerprint density at radius 3 is 2.93 bits per heavy atom. The summed E-state index contributed by atoms with van der Waals surface area (Å²) in [5.74, 6) is 3.72. The van der Waals surface area contributed by atoms with Gasteiger partial charge in [0.25, 0.3) is 0 Å². The summed E-state index contributed by atoms with van der Waals surface area (Å²) in [6.07, 6.45) is 4.21. The molecule has 2 nitrogen and oxygen atoms in total. The Balaban J connectivity index is 1.57. The zero-order chi connectivity index (χ0) is 9.80. The van der Waals surface area contributed by atoms with Gasteiger partial charge in [-0.25, -0.2) is 0 Å². The monoisotopic (exact) mass is 214 g/mol. The van der Waals surface area contributed by atoms with Crippen LogP contribution in [0.2, 0.25) is 0 Å². The van der Waals surface area contributed by atoms with Crippen LogP contribution in [0, 0.1) is 5.92 Å². The highest BCUT2D eigenvalue weighted by Gasteiger charge is 2.21. The molecule has 2 fully saturated rings. The molecule has 1 N–H and O–H groups in total. The summed E-state index contributed by atoms with van der Waals surface area (Å²) in [5, 5.41) is 3.64. The third-order valence-corrected chi connectivity index (χ3v) is 4.74. The van der Waals surface area contributed by atoms with E-state index in [0.29, 0.717) is 0 Å². The van der Waals surface area contributed by atoms with Crippen LogP contribution in [0.3, 0.4) is 0 Å². The molecular formula is C11H22N2S. The molecule has 0 radical (unpaired) electrons. The second-order valence-corrected chi connectivity index (χ2v) is 5.81. The first-order chi connectivity index (χ1) is 6.86. The minimum atomic E-state index is 0.809. The number of hydrogen-bond donors (Lipinski definition) is 1. The summed E-state index contributed by atoms with van der Waals surface area (Å²) in [6.45, 7) is 3.75. The van der Waals surface area contributed by atoms with E-state index in [-0.39, 0.29) is 0 Å². The summed E-state index contributed by atoms with van der Waals surface area (Å²) in [6, 6.07) is 0.809. The molecule has 2 aliphatic heterocycles. The summed E-state index contributed by atoms with van der Waals surface area (Å²) in [4.78, 5) is 2.50. The number of likely N-dealkylation sites (N-methyl/N-ethyl adjacent to an activating group) is 1. The smallest absolute Gasteiger partial charge is 0.0218 e. The fourth-order valence-electron chi connectivity index (χ4n) is 2.44. The van der Waals surface area contributed by atoms with E-state index in [4.69, 9.17) is 0 Å². The number of hydrogen-bond acceptors (Lipinski definition) is 3. The molecule has 2 unspecified atom stereocenters. The molecule has 0 aromatic rings. The molecule has 14 heavy (non-hydrogen) atoms. The van der Waals surface area contributed by atoms with E-state index in [1.807, 2.05) is 0 Å². The lowest BCUT2D eigenvalue weighted by Crippen LogP contribution is -2.37. The quantitative estimate of drug-likeness (QED) is 0.762. The average molecular weight is 214 g/mol. The van der Waals surface area contributed by atoms with Gasteiger partial charge >= 0.3 is 0 Å². The van der Waals surface area contributed by atoms with Crippen molar-refractivity contribution in [3.05, 3.63) is 0 Å². The Morgan fingerprint density at radius 1 is 1.36 bits per heavy atom. The lowest BCUT2D eigenvalue weighted by Gasteiger charge is -2.20. The van der Waals surface area contributed by atoms with Crippen LogP contribution in [-0.4, -0.2) is 49.1 Å². The second kappa shape index (κ2) is 5.38. The maximum Gasteiger partial charge on any atom is 0.0218 e. The molecule has 0 aromatic carbocycles. The third kappa shape index (κ3) is 2.88. The zero-order valence-electron chi connectivity index (χ0n) is 9.17. The van der Waals surface area contributed by atoms with Gasteiger partial charge in [0.1, 0.15) is 0 Å². The number of likely N-dealkylation sites (tertiary alicyclic amines) is 1. The first-order valence-corrected chi connectivity index (χ1v) is 7.00. The molecule has 0 spiro atoms. The molecule has 3 heteroatoms. The molecule has 2 heterocycles. The van der Waals surface area contributed by atoms with Crippen molar-refractivity contribution in [2.75, 3.05) is 38.2 Å². The number of nitrogens with one attached hydrogen (secondary N) is 1. The Hall–Kier alpha value is 0.270. The molecule has 2 aliphatic rings. The van der Waals surface area contributed by atoms with Crippen molar-refractivity contribution < 1.29 is 0 Å². The lowest BCUT2D eigenvalue weighted by molar-refractivity contribution is 0.296. The fraction of sp³-hybridized carbons (Fsp3) is 1.00. The topological polar surface area (TPSA) is 15.3 Å². The van der Waals surface area contributed by atoms with Crippen molar-refractivity contribution in [3.8, 4) is 0 Å². The zero-order valence-corrected chi connectivity index (χ0v) is 9.98. The first kappa shape index (κ1) is 10.8. The molecule has 2 rings (SSSR count). The van der Waals surface area contributed by atoms with E-state index in [9.17, 15) is 0 Å². The second-order valence-electron chi connectivity index (χ2n) is 4.66. The number of nitrogens with zero attached hydrogens (tertiary/aromatic N) is 1. The predicted molar refractivity (Wildman–Crippen MR) is 64.0 cm³/mol. The molecule has 0 amide bonds. The number of rotatable bonds is 4. The van der Waals surface area contributed by atoms with Crippen LogP contribution in [0.25, 0.3) is 0 Å². The number of thioether (sulfide) groups is 1. The average Bonchev–Trinajstić information content (AvgIpc) is 2.78. The van der Waals surface area contributed by atoms with Gasteiger partial charge in [0.2, 0.25) is 0 Å². The van der Waals surface area contributed by atoms with Crippen molar-refractivity contribution in [2.24, 2.45) is 5.92 Å². The Kier molecular flexibility index (Phi) is 4.14. The Bertz CT molecular complexity index is 169. The van der Waals surface area contributed by atoms with E-state index in [2.05, 4.69) is 29.0 Å². The molecule has 0 aliphatic carbocycles. The highest BCUT2D eigenvalue weighted by atomic mass is 32.2. The van der Waals surface area contributed by atoms with Crippen LogP contribution in [0.1, 0.15) is 19.3 Å². The van der Waals surface area contributed by atoms with Crippen LogP contribution in [-0.2, 0) is 0 Å².